The summed E-state index contributed by atoms with van der Waals surface area (Å²) < 4.78 is 42.4. The smallest absolute Gasteiger partial charge is 0.382 e. The topological polar surface area (TPSA) is 60.3 Å². The molecule has 2 atom stereocenters. The molecule has 0 aromatic carbocycles. The summed E-state index contributed by atoms with van der Waals surface area (Å²) in [6, 6.07) is 0. The van der Waals surface area contributed by atoms with Gasteiger partial charge in [-0.05, 0) is 12.3 Å². The van der Waals surface area contributed by atoms with Crippen molar-refractivity contribution in [1.82, 2.24) is 15.1 Å². The zero-order valence-corrected chi connectivity index (χ0v) is 13.3. The number of aliphatic imine (C=N–C) groups is 1. The summed E-state index contributed by atoms with van der Waals surface area (Å²) in [5.41, 5.74) is 0. The molecule has 0 aliphatic carbocycles. The second kappa shape index (κ2) is 8.16. The third kappa shape index (κ3) is 5.50. The van der Waals surface area contributed by atoms with Gasteiger partial charge in [0.25, 0.3) is 0 Å². The highest BCUT2D eigenvalue weighted by molar-refractivity contribution is 5.80. The Morgan fingerprint density at radius 1 is 1.35 bits per heavy atom. The largest absolute Gasteiger partial charge is 0.416 e. The van der Waals surface area contributed by atoms with Gasteiger partial charge in [0.1, 0.15) is 0 Å². The second-order valence-corrected chi connectivity index (χ2v) is 6.00. The molecule has 0 aromatic heterocycles. The first-order valence-electron chi connectivity index (χ1n) is 7.90. The van der Waals surface area contributed by atoms with Crippen LogP contribution in [0.25, 0.3) is 0 Å². The molecule has 0 amide bonds. The maximum atomic E-state index is 12.3. The Morgan fingerprint density at radius 3 is 2.57 bits per heavy atom. The van der Waals surface area contributed by atoms with Crippen molar-refractivity contribution in [2.24, 2.45) is 10.9 Å². The molecule has 2 rings (SSSR count). The lowest BCUT2D eigenvalue weighted by Gasteiger charge is -2.37. The Morgan fingerprint density at radius 2 is 2.04 bits per heavy atom. The summed E-state index contributed by atoms with van der Waals surface area (Å²) in [5.74, 6) is 0.984. The molecule has 2 N–H and O–H groups in total. The van der Waals surface area contributed by atoms with E-state index in [2.05, 4.69) is 15.2 Å². The number of nitrogens with zero attached hydrogens (tertiary/aromatic N) is 3. The van der Waals surface area contributed by atoms with E-state index in [4.69, 9.17) is 9.84 Å². The van der Waals surface area contributed by atoms with Crippen LogP contribution in [0.3, 0.4) is 0 Å². The van der Waals surface area contributed by atoms with Crippen LogP contribution in [0.15, 0.2) is 4.99 Å². The minimum absolute atomic E-state index is 0.400. The van der Waals surface area contributed by atoms with E-state index in [0.29, 0.717) is 25.0 Å². The summed E-state index contributed by atoms with van der Waals surface area (Å²) in [6.45, 7) is 5.17. The van der Waals surface area contributed by atoms with Gasteiger partial charge in [0.05, 0.1) is 13.2 Å². The highest BCUT2D eigenvalue weighted by atomic mass is 19.4. The summed E-state index contributed by atoms with van der Waals surface area (Å²) in [5, 5.41) is 11.6. The lowest BCUT2D eigenvalue weighted by molar-refractivity contribution is -0.201. The first-order chi connectivity index (χ1) is 10.9. The van der Waals surface area contributed by atoms with E-state index < -0.39 is 18.8 Å². The quantitative estimate of drug-likeness (QED) is 0.564. The zero-order valence-electron chi connectivity index (χ0n) is 13.3. The van der Waals surface area contributed by atoms with E-state index in [0.717, 1.165) is 39.3 Å². The number of rotatable bonds is 4. The third-order valence-corrected chi connectivity index (χ3v) is 4.26. The fourth-order valence-electron chi connectivity index (χ4n) is 2.87. The number of guanidine groups is 1. The van der Waals surface area contributed by atoms with Gasteiger partial charge in [0, 0.05) is 46.4 Å². The average Bonchev–Trinajstić information content (AvgIpc) is 3.01. The zero-order chi connectivity index (χ0) is 16.9. The summed E-state index contributed by atoms with van der Waals surface area (Å²) in [4.78, 5) is 8.28. The van der Waals surface area contributed by atoms with Crippen molar-refractivity contribution in [1.29, 1.82) is 0 Å². The van der Waals surface area contributed by atoms with E-state index in [1.54, 1.807) is 0 Å². The molecule has 6 nitrogen and oxygen atoms in total. The molecule has 134 valence electrons. The van der Waals surface area contributed by atoms with Crippen LogP contribution in [0.4, 0.5) is 13.2 Å². The first-order valence-corrected chi connectivity index (χ1v) is 7.90. The van der Waals surface area contributed by atoms with Crippen LogP contribution >= 0.6 is 0 Å². The number of nitrogens with one attached hydrogen (secondary N) is 1. The Hall–Kier alpha value is -1.06. The van der Waals surface area contributed by atoms with Crippen LogP contribution < -0.4 is 5.32 Å². The molecule has 9 heteroatoms. The maximum Gasteiger partial charge on any atom is 0.416 e. The minimum Gasteiger partial charge on any atom is -0.382 e. The van der Waals surface area contributed by atoms with Crippen LogP contribution in [0.2, 0.25) is 0 Å². The summed E-state index contributed by atoms with van der Waals surface area (Å²) in [7, 11) is 1.53. The molecule has 2 fully saturated rings. The highest BCUT2D eigenvalue weighted by Crippen LogP contribution is 2.19. The van der Waals surface area contributed by atoms with Gasteiger partial charge in [-0.2, -0.15) is 13.2 Å². The predicted octanol–water partition coefficient (Wildman–Crippen LogP) is 0.139. The van der Waals surface area contributed by atoms with Gasteiger partial charge >= 0.3 is 6.18 Å². The van der Waals surface area contributed by atoms with Gasteiger partial charge in [0.2, 0.25) is 0 Å². The molecular weight excluding hydrogens is 313 g/mol. The van der Waals surface area contributed by atoms with E-state index in [9.17, 15) is 13.2 Å². The molecule has 0 radical (unpaired) electrons. The van der Waals surface area contributed by atoms with Crippen LogP contribution in [0, 0.1) is 5.92 Å². The highest BCUT2D eigenvalue weighted by Gasteiger charge is 2.38. The predicted molar refractivity (Wildman–Crippen MR) is 80.4 cm³/mol. The van der Waals surface area contributed by atoms with Crippen molar-refractivity contribution in [3.05, 3.63) is 0 Å². The maximum absolute atomic E-state index is 12.3. The number of alkyl halides is 3. The van der Waals surface area contributed by atoms with Gasteiger partial charge in [-0.25, -0.2) is 0 Å². The minimum atomic E-state index is -4.62. The van der Waals surface area contributed by atoms with E-state index in [1.807, 2.05) is 4.90 Å². The third-order valence-electron chi connectivity index (χ3n) is 4.26. The molecule has 2 aliphatic heterocycles. The van der Waals surface area contributed by atoms with E-state index in [-0.39, 0.29) is 0 Å². The molecule has 2 unspecified atom stereocenters. The number of aliphatic hydroxyl groups is 1. The molecular formula is C14H25F3N4O2. The van der Waals surface area contributed by atoms with Crippen LogP contribution in [-0.4, -0.2) is 92.7 Å². The lowest BCUT2D eigenvalue weighted by Crippen LogP contribution is -2.54. The second-order valence-electron chi connectivity index (χ2n) is 6.00. The molecule has 0 spiro atoms. The van der Waals surface area contributed by atoms with Crippen molar-refractivity contribution >= 4 is 5.96 Å². The Labute approximate surface area is 134 Å². The number of aliphatic hydroxyl groups excluding tert-OH is 1. The van der Waals surface area contributed by atoms with Crippen molar-refractivity contribution in [3.8, 4) is 0 Å². The monoisotopic (exact) mass is 338 g/mol. The number of piperazine rings is 1. The Bertz CT molecular complexity index is 392. The van der Waals surface area contributed by atoms with Gasteiger partial charge in [-0.1, -0.05) is 0 Å². The fraction of sp³-hybridized carbons (Fsp3) is 0.929. The standard InChI is InChI=1S/C14H25F3N4O2/c1-18-13(19-8-12(22)14(15,16)17)21-5-3-20(4-6-21)9-11-2-7-23-10-11/h11-12,22H,2-10H2,1H3,(H,18,19). The van der Waals surface area contributed by atoms with Crippen molar-refractivity contribution in [3.63, 3.8) is 0 Å². The fourth-order valence-corrected chi connectivity index (χ4v) is 2.87. The van der Waals surface area contributed by atoms with Gasteiger partial charge < -0.3 is 20.1 Å². The van der Waals surface area contributed by atoms with E-state index in [1.165, 1.54) is 7.05 Å². The number of hydrogen-bond donors (Lipinski definition) is 2. The molecule has 2 saturated heterocycles. The van der Waals surface area contributed by atoms with Gasteiger partial charge in [0.15, 0.2) is 12.1 Å². The van der Waals surface area contributed by atoms with Gasteiger partial charge in [-0.3, -0.25) is 9.89 Å². The molecule has 0 saturated carbocycles. The molecule has 2 heterocycles. The van der Waals surface area contributed by atoms with Crippen LogP contribution in [0.5, 0.6) is 0 Å². The molecule has 0 aromatic rings. The van der Waals surface area contributed by atoms with Crippen molar-refractivity contribution < 1.29 is 23.0 Å². The Balaban J connectivity index is 1.73. The summed E-state index contributed by atoms with van der Waals surface area (Å²) in [6.07, 6.45) is -5.91. The van der Waals surface area contributed by atoms with E-state index >= 15 is 0 Å². The number of hydrogen-bond acceptors (Lipinski definition) is 4. The molecule has 2 aliphatic rings. The van der Waals surface area contributed by atoms with Crippen LogP contribution in [-0.2, 0) is 4.74 Å². The normalized spacial score (nSPS) is 25.7. The number of halogens is 3. The van der Waals surface area contributed by atoms with Crippen LogP contribution in [0.1, 0.15) is 6.42 Å². The first kappa shape index (κ1) is 18.3. The lowest BCUT2D eigenvalue weighted by atomic mass is 10.1. The molecule has 23 heavy (non-hydrogen) atoms. The van der Waals surface area contributed by atoms with Crippen molar-refractivity contribution in [2.45, 2.75) is 18.7 Å². The number of ether oxygens (including phenoxy) is 1. The average molecular weight is 338 g/mol. The van der Waals surface area contributed by atoms with Crippen molar-refractivity contribution in [2.75, 3.05) is 59.5 Å². The molecule has 0 bridgehead atoms. The SMILES string of the molecule is CN=C(NCC(O)C(F)(F)F)N1CCN(CC2CCOC2)CC1. The van der Waals surface area contributed by atoms with Gasteiger partial charge in [-0.15, -0.1) is 0 Å². The summed E-state index contributed by atoms with van der Waals surface area (Å²) >= 11 is 0. The Kier molecular flexibility index (Phi) is 6.49.